The van der Waals surface area contributed by atoms with Crippen LogP contribution in [-0.4, -0.2) is 11.9 Å². The zero-order valence-corrected chi connectivity index (χ0v) is 11.2. The monoisotopic (exact) mass is 281 g/mol. The van der Waals surface area contributed by atoms with Crippen molar-refractivity contribution in [2.24, 2.45) is 5.92 Å². The first-order valence-electron chi connectivity index (χ1n) is 5.63. The highest BCUT2D eigenvalue weighted by molar-refractivity contribution is 9.10. The van der Waals surface area contributed by atoms with Gasteiger partial charge in [0.15, 0.2) is 0 Å². The van der Waals surface area contributed by atoms with Gasteiger partial charge in [-0.15, -0.1) is 0 Å². The number of carbonyl (C=O) groups is 1. The minimum Gasteiger partial charge on any atom is -0.349 e. The Morgan fingerprint density at radius 1 is 1.44 bits per heavy atom. The second-order valence-electron chi connectivity index (χ2n) is 4.71. The molecule has 1 aromatic rings. The van der Waals surface area contributed by atoms with Crippen molar-refractivity contribution in [1.82, 2.24) is 5.32 Å². The summed E-state index contributed by atoms with van der Waals surface area (Å²) in [4.78, 5) is 11.9. The fourth-order valence-corrected chi connectivity index (χ4v) is 2.40. The fraction of sp³-hybridized carbons (Fsp3) is 0.462. The molecule has 2 nitrogen and oxygen atoms in total. The largest absolute Gasteiger partial charge is 0.349 e. The van der Waals surface area contributed by atoms with E-state index < -0.39 is 0 Å². The molecular formula is C13H16BrNO. The van der Waals surface area contributed by atoms with Crippen molar-refractivity contribution in [3.8, 4) is 0 Å². The molecule has 0 radical (unpaired) electrons. The molecule has 0 aromatic heterocycles. The third kappa shape index (κ3) is 2.46. The molecule has 0 saturated heterocycles. The second-order valence-corrected chi connectivity index (χ2v) is 5.57. The average Bonchev–Trinajstić information content (AvgIpc) is 2.19. The maximum Gasteiger partial charge on any atom is 0.251 e. The predicted molar refractivity (Wildman–Crippen MR) is 68.5 cm³/mol. The van der Waals surface area contributed by atoms with Crippen LogP contribution in [0.2, 0.25) is 0 Å². The highest BCUT2D eigenvalue weighted by Gasteiger charge is 2.26. The summed E-state index contributed by atoms with van der Waals surface area (Å²) >= 11 is 3.44. The van der Waals surface area contributed by atoms with Crippen LogP contribution in [0.4, 0.5) is 0 Å². The highest BCUT2D eigenvalue weighted by Crippen LogP contribution is 2.26. The molecule has 1 saturated carbocycles. The molecule has 3 heteroatoms. The van der Waals surface area contributed by atoms with Crippen molar-refractivity contribution >= 4 is 21.8 Å². The summed E-state index contributed by atoms with van der Waals surface area (Å²) in [6.45, 7) is 4.23. The third-order valence-electron chi connectivity index (χ3n) is 3.14. The summed E-state index contributed by atoms with van der Waals surface area (Å²) in [6, 6.07) is 6.09. The normalized spacial score (nSPS) is 23.7. The van der Waals surface area contributed by atoms with Crippen LogP contribution in [0.1, 0.15) is 35.7 Å². The molecule has 0 spiro atoms. The van der Waals surface area contributed by atoms with Crippen LogP contribution in [-0.2, 0) is 0 Å². The molecule has 1 aliphatic carbocycles. The van der Waals surface area contributed by atoms with E-state index >= 15 is 0 Å². The van der Waals surface area contributed by atoms with Crippen LogP contribution < -0.4 is 5.32 Å². The standard InChI is InChI=1S/C13H16BrNO/c1-8-5-11(6-8)15-13(16)10-4-3-9(2)12(14)7-10/h3-4,7-8,11H,5-6H2,1-2H3,(H,15,16). The van der Waals surface area contributed by atoms with Gasteiger partial charge in [-0.25, -0.2) is 0 Å². The molecular weight excluding hydrogens is 266 g/mol. The van der Waals surface area contributed by atoms with Crippen molar-refractivity contribution in [3.63, 3.8) is 0 Å². The first-order chi connectivity index (χ1) is 7.56. The SMILES string of the molecule is Cc1ccc(C(=O)NC2CC(C)C2)cc1Br. The zero-order chi connectivity index (χ0) is 11.7. The van der Waals surface area contributed by atoms with Gasteiger partial charge in [-0.2, -0.15) is 0 Å². The van der Waals surface area contributed by atoms with E-state index in [1.54, 1.807) is 0 Å². The Morgan fingerprint density at radius 2 is 2.12 bits per heavy atom. The van der Waals surface area contributed by atoms with Gasteiger partial charge >= 0.3 is 0 Å². The number of nitrogens with one attached hydrogen (secondary N) is 1. The van der Waals surface area contributed by atoms with Gasteiger partial charge in [0, 0.05) is 16.1 Å². The number of carbonyl (C=O) groups excluding carboxylic acids is 1. The molecule has 0 bridgehead atoms. The van der Waals surface area contributed by atoms with Crippen LogP contribution in [0.25, 0.3) is 0 Å². The van der Waals surface area contributed by atoms with Crippen LogP contribution in [0.3, 0.4) is 0 Å². The number of hydrogen-bond acceptors (Lipinski definition) is 1. The van der Waals surface area contributed by atoms with Crippen LogP contribution in [0.15, 0.2) is 22.7 Å². The average molecular weight is 282 g/mol. The van der Waals surface area contributed by atoms with Crippen molar-refractivity contribution in [2.45, 2.75) is 32.7 Å². The number of aryl methyl sites for hydroxylation is 1. The predicted octanol–water partition coefficient (Wildman–Crippen LogP) is 3.29. The van der Waals surface area contributed by atoms with Crippen LogP contribution >= 0.6 is 15.9 Å². The fourth-order valence-electron chi connectivity index (χ4n) is 2.02. The summed E-state index contributed by atoms with van der Waals surface area (Å²) in [5, 5.41) is 3.05. The lowest BCUT2D eigenvalue weighted by molar-refractivity contribution is 0.0896. The Labute approximate surface area is 105 Å². The van der Waals surface area contributed by atoms with E-state index in [0.29, 0.717) is 6.04 Å². The smallest absolute Gasteiger partial charge is 0.251 e. The lowest BCUT2D eigenvalue weighted by atomic mass is 9.82. The molecule has 16 heavy (non-hydrogen) atoms. The number of benzene rings is 1. The van der Waals surface area contributed by atoms with E-state index in [9.17, 15) is 4.79 Å². The van der Waals surface area contributed by atoms with E-state index in [-0.39, 0.29) is 5.91 Å². The van der Waals surface area contributed by atoms with Gasteiger partial charge in [0.1, 0.15) is 0 Å². The number of rotatable bonds is 2. The van der Waals surface area contributed by atoms with Gasteiger partial charge in [-0.3, -0.25) is 4.79 Å². The van der Waals surface area contributed by atoms with E-state index in [1.807, 2.05) is 25.1 Å². The van der Waals surface area contributed by atoms with E-state index in [4.69, 9.17) is 0 Å². The summed E-state index contributed by atoms with van der Waals surface area (Å²) in [7, 11) is 0. The molecule has 0 heterocycles. The molecule has 1 aromatic carbocycles. The second kappa shape index (κ2) is 4.58. The Bertz CT molecular complexity index is 410. The van der Waals surface area contributed by atoms with Crippen molar-refractivity contribution < 1.29 is 4.79 Å². The van der Waals surface area contributed by atoms with E-state index in [1.165, 1.54) is 0 Å². The lowest BCUT2D eigenvalue weighted by Gasteiger charge is -2.33. The van der Waals surface area contributed by atoms with Crippen LogP contribution in [0, 0.1) is 12.8 Å². The zero-order valence-electron chi connectivity index (χ0n) is 9.59. The molecule has 1 amide bonds. The Morgan fingerprint density at radius 3 is 2.69 bits per heavy atom. The van der Waals surface area contributed by atoms with E-state index in [0.717, 1.165) is 34.4 Å². The quantitative estimate of drug-likeness (QED) is 0.886. The van der Waals surface area contributed by atoms with Crippen molar-refractivity contribution in [2.75, 3.05) is 0 Å². The summed E-state index contributed by atoms with van der Waals surface area (Å²) in [5.41, 5.74) is 1.88. The van der Waals surface area contributed by atoms with Gasteiger partial charge in [0.2, 0.25) is 0 Å². The highest BCUT2D eigenvalue weighted by atomic mass is 79.9. The van der Waals surface area contributed by atoms with Crippen LogP contribution in [0.5, 0.6) is 0 Å². The molecule has 0 unspecified atom stereocenters. The Hall–Kier alpha value is -0.830. The molecule has 2 rings (SSSR count). The van der Waals surface area contributed by atoms with Gasteiger partial charge in [0.05, 0.1) is 0 Å². The van der Waals surface area contributed by atoms with Crippen molar-refractivity contribution in [1.29, 1.82) is 0 Å². The summed E-state index contributed by atoms with van der Waals surface area (Å²) in [5.74, 6) is 0.799. The minimum atomic E-state index is 0.0394. The van der Waals surface area contributed by atoms with Gasteiger partial charge in [0.25, 0.3) is 5.91 Å². The van der Waals surface area contributed by atoms with Gasteiger partial charge in [-0.05, 0) is 43.4 Å². The first kappa shape index (κ1) is 11.6. The maximum atomic E-state index is 11.9. The topological polar surface area (TPSA) is 29.1 Å². The molecule has 1 fully saturated rings. The number of halogens is 1. The molecule has 0 aliphatic heterocycles. The maximum absolute atomic E-state index is 11.9. The summed E-state index contributed by atoms with van der Waals surface area (Å²) < 4.78 is 0.988. The van der Waals surface area contributed by atoms with Gasteiger partial charge in [-0.1, -0.05) is 28.9 Å². The summed E-state index contributed by atoms with van der Waals surface area (Å²) in [6.07, 6.45) is 2.22. The number of amides is 1. The minimum absolute atomic E-state index is 0.0394. The lowest BCUT2D eigenvalue weighted by Crippen LogP contribution is -2.43. The first-order valence-corrected chi connectivity index (χ1v) is 6.42. The Balaban J connectivity index is 2.01. The number of hydrogen-bond donors (Lipinski definition) is 1. The molecule has 1 N–H and O–H groups in total. The van der Waals surface area contributed by atoms with Crippen molar-refractivity contribution in [3.05, 3.63) is 33.8 Å². The molecule has 0 atom stereocenters. The van der Waals surface area contributed by atoms with E-state index in [2.05, 4.69) is 28.2 Å². The third-order valence-corrected chi connectivity index (χ3v) is 4.00. The van der Waals surface area contributed by atoms with Gasteiger partial charge < -0.3 is 5.32 Å². The molecule has 86 valence electrons. The Kier molecular flexibility index (Phi) is 3.33. The molecule has 1 aliphatic rings.